The molecule has 2 aromatic carbocycles. The molecule has 0 saturated carbocycles. The first kappa shape index (κ1) is 15.7. The smallest absolute Gasteiger partial charge is 0.251 e. The Bertz CT molecular complexity index is 860. The zero-order valence-corrected chi connectivity index (χ0v) is 15.0. The maximum absolute atomic E-state index is 12.6. The minimum atomic E-state index is 0.0438. The highest BCUT2D eigenvalue weighted by atomic mass is 32.2. The third-order valence-corrected chi connectivity index (χ3v) is 6.54. The van der Waals surface area contributed by atoms with Crippen molar-refractivity contribution in [3.05, 3.63) is 69.4 Å². The molecule has 1 heterocycles. The van der Waals surface area contributed by atoms with E-state index in [4.69, 9.17) is 0 Å². The van der Waals surface area contributed by atoms with Crippen molar-refractivity contribution in [2.24, 2.45) is 0 Å². The van der Waals surface area contributed by atoms with Gasteiger partial charge in [-0.25, -0.2) is 0 Å². The van der Waals surface area contributed by atoms with Crippen molar-refractivity contribution in [3.63, 3.8) is 0 Å². The van der Waals surface area contributed by atoms with Gasteiger partial charge in [-0.15, -0.1) is 11.3 Å². The second-order valence-corrected chi connectivity index (χ2v) is 8.14. The summed E-state index contributed by atoms with van der Waals surface area (Å²) in [7, 11) is 0. The molecule has 0 unspecified atom stereocenters. The maximum Gasteiger partial charge on any atom is 0.251 e. The van der Waals surface area contributed by atoms with Crippen molar-refractivity contribution < 1.29 is 4.79 Å². The van der Waals surface area contributed by atoms with E-state index in [0.717, 1.165) is 35.3 Å². The standard InChI is InChI=1S/C20H19NOS2/c22-20(21-10-12-23-13-16-4-2-11-24-16)18-9-8-15-7-6-14-3-1-5-17(18)19(14)15/h1-5,8-9,11H,6-7,10,12-13H2,(H,21,22). The molecule has 0 aliphatic heterocycles. The van der Waals surface area contributed by atoms with Crippen molar-refractivity contribution in [3.8, 4) is 0 Å². The first-order valence-corrected chi connectivity index (χ1v) is 10.3. The van der Waals surface area contributed by atoms with Gasteiger partial charge in [-0.2, -0.15) is 11.8 Å². The summed E-state index contributed by atoms with van der Waals surface area (Å²) in [5.41, 5.74) is 3.56. The molecule has 1 aliphatic carbocycles. The Morgan fingerprint density at radius 1 is 1.08 bits per heavy atom. The molecule has 2 nitrogen and oxygen atoms in total. The van der Waals surface area contributed by atoms with Crippen LogP contribution in [0.5, 0.6) is 0 Å². The van der Waals surface area contributed by atoms with E-state index >= 15 is 0 Å². The summed E-state index contributed by atoms with van der Waals surface area (Å²) < 4.78 is 0. The molecule has 3 aromatic rings. The topological polar surface area (TPSA) is 29.1 Å². The summed E-state index contributed by atoms with van der Waals surface area (Å²) in [5, 5.41) is 7.58. The number of aryl methyl sites for hydroxylation is 2. The summed E-state index contributed by atoms with van der Waals surface area (Å²) in [6.45, 7) is 0.706. The normalized spacial score (nSPS) is 12.7. The molecule has 1 amide bonds. The van der Waals surface area contributed by atoms with Gasteiger partial charge < -0.3 is 5.32 Å². The van der Waals surface area contributed by atoms with Gasteiger partial charge >= 0.3 is 0 Å². The van der Waals surface area contributed by atoms with E-state index in [9.17, 15) is 4.79 Å². The second kappa shape index (κ2) is 6.99. The number of amides is 1. The summed E-state index contributed by atoms with van der Waals surface area (Å²) in [6.07, 6.45) is 2.19. The maximum atomic E-state index is 12.6. The third-order valence-electron chi connectivity index (χ3n) is 4.48. The average molecular weight is 354 g/mol. The van der Waals surface area contributed by atoms with Crippen LogP contribution in [0.15, 0.2) is 47.8 Å². The number of hydrogen-bond donors (Lipinski definition) is 1. The molecule has 0 bridgehead atoms. The fraction of sp³-hybridized carbons (Fsp3) is 0.250. The first-order valence-electron chi connectivity index (χ1n) is 8.25. The number of carbonyl (C=O) groups excluding carboxylic acids is 1. The fourth-order valence-corrected chi connectivity index (χ4v) is 5.04. The number of rotatable bonds is 6. The molecule has 24 heavy (non-hydrogen) atoms. The number of hydrogen-bond acceptors (Lipinski definition) is 3. The van der Waals surface area contributed by atoms with E-state index < -0.39 is 0 Å². The third kappa shape index (κ3) is 3.08. The largest absolute Gasteiger partial charge is 0.351 e. The van der Waals surface area contributed by atoms with Gasteiger partial charge in [0.1, 0.15) is 0 Å². The molecule has 0 fully saturated rings. The lowest BCUT2D eigenvalue weighted by Gasteiger charge is -2.09. The molecule has 1 N–H and O–H groups in total. The number of carbonyl (C=O) groups is 1. The Balaban J connectivity index is 1.39. The lowest BCUT2D eigenvalue weighted by Crippen LogP contribution is -2.26. The van der Waals surface area contributed by atoms with Gasteiger partial charge in [0.25, 0.3) is 5.91 Å². The van der Waals surface area contributed by atoms with E-state index in [1.54, 1.807) is 11.3 Å². The highest BCUT2D eigenvalue weighted by Gasteiger charge is 2.18. The van der Waals surface area contributed by atoms with Crippen molar-refractivity contribution in [1.82, 2.24) is 5.32 Å². The Morgan fingerprint density at radius 2 is 1.96 bits per heavy atom. The molecule has 0 saturated heterocycles. The number of thioether (sulfide) groups is 1. The van der Waals surface area contributed by atoms with Crippen LogP contribution >= 0.6 is 23.1 Å². The molecule has 1 aliphatic rings. The van der Waals surface area contributed by atoms with Gasteiger partial charge in [-0.05, 0) is 52.3 Å². The highest BCUT2D eigenvalue weighted by Crippen LogP contribution is 2.32. The van der Waals surface area contributed by atoms with Gasteiger partial charge in [0, 0.05) is 28.5 Å². The molecule has 0 radical (unpaired) electrons. The Hall–Kier alpha value is -1.78. The van der Waals surface area contributed by atoms with Crippen LogP contribution in [0.4, 0.5) is 0 Å². The van der Waals surface area contributed by atoms with Gasteiger partial charge in [0.05, 0.1) is 0 Å². The average Bonchev–Trinajstić information content (AvgIpc) is 3.26. The van der Waals surface area contributed by atoms with Crippen LogP contribution in [0.1, 0.15) is 26.4 Å². The van der Waals surface area contributed by atoms with Gasteiger partial charge in [-0.3, -0.25) is 4.79 Å². The Labute approximate surface area is 150 Å². The summed E-state index contributed by atoms with van der Waals surface area (Å²) in [4.78, 5) is 14.0. The van der Waals surface area contributed by atoms with Crippen LogP contribution < -0.4 is 5.32 Å². The molecular weight excluding hydrogens is 334 g/mol. The number of benzene rings is 2. The second-order valence-electron chi connectivity index (χ2n) is 6.00. The van der Waals surface area contributed by atoms with E-state index in [2.05, 4.69) is 47.1 Å². The van der Waals surface area contributed by atoms with Crippen molar-refractivity contribution in [2.75, 3.05) is 12.3 Å². The summed E-state index contributed by atoms with van der Waals surface area (Å²) >= 11 is 3.65. The predicted molar refractivity (Wildman–Crippen MR) is 104 cm³/mol. The Morgan fingerprint density at radius 3 is 2.79 bits per heavy atom. The molecule has 1 aromatic heterocycles. The predicted octanol–water partition coefficient (Wildman–Crippen LogP) is 4.66. The van der Waals surface area contributed by atoms with Crippen LogP contribution in [0.3, 0.4) is 0 Å². The van der Waals surface area contributed by atoms with E-state index in [1.165, 1.54) is 21.4 Å². The van der Waals surface area contributed by atoms with Crippen LogP contribution in [0.25, 0.3) is 10.8 Å². The molecule has 4 heteroatoms. The van der Waals surface area contributed by atoms with Crippen molar-refractivity contribution >= 4 is 39.8 Å². The first-order chi connectivity index (χ1) is 11.8. The van der Waals surface area contributed by atoms with Crippen molar-refractivity contribution in [2.45, 2.75) is 18.6 Å². The molecule has 0 spiro atoms. The van der Waals surface area contributed by atoms with E-state index in [1.807, 2.05) is 17.8 Å². The molecule has 0 atom stereocenters. The monoisotopic (exact) mass is 353 g/mol. The zero-order chi connectivity index (χ0) is 16.4. The lowest BCUT2D eigenvalue weighted by atomic mass is 9.99. The molecule has 122 valence electrons. The Kier molecular flexibility index (Phi) is 4.58. The summed E-state index contributed by atoms with van der Waals surface area (Å²) in [6, 6.07) is 14.7. The van der Waals surface area contributed by atoms with E-state index in [0.29, 0.717) is 6.54 Å². The van der Waals surface area contributed by atoms with Crippen LogP contribution in [-0.4, -0.2) is 18.2 Å². The van der Waals surface area contributed by atoms with Crippen LogP contribution in [0.2, 0.25) is 0 Å². The van der Waals surface area contributed by atoms with Gasteiger partial charge in [0.2, 0.25) is 0 Å². The summed E-state index contributed by atoms with van der Waals surface area (Å²) in [5.74, 6) is 2.00. The fourth-order valence-electron chi connectivity index (χ4n) is 3.34. The van der Waals surface area contributed by atoms with Crippen LogP contribution in [-0.2, 0) is 18.6 Å². The molecule has 4 rings (SSSR count). The minimum Gasteiger partial charge on any atom is -0.351 e. The number of thiophene rings is 1. The highest BCUT2D eigenvalue weighted by molar-refractivity contribution is 7.98. The van der Waals surface area contributed by atoms with Crippen LogP contribution in [0, 0.1) is 0 Å². The molecular formula is C20H19NOS2. The van der Waals surface area contributed by atoms with Crippen molar-refractivity contribution in [1.29, 1.82) is 0 Å². The van der Waals surface area contributed by atoms with Gasteiger partial charge in [-0.1, -0.05) is 30.3 Å². The quantitative estimate of drug-likeness (QED) is 0.653. The minimum absolute atomic E-state index is 0.0438. The lowest BCUT2D eigenvalue weighted by molar-refractivity contribution is 0.0958. The van der Waals surface area contributed by atoms with E-state index in [-0.39, 0.29) is 5.91 Å². The number of nitrogens with one attached hydrogen (secondary N) is 1. The van der Waals surface area contributed by atoms with Gasteiger partial charge in [0.15, 0.2) is 0 Å². The SMILES string of the molecule is O=C(NCCSCc1cccs1)c1ccc2c3c(cccc13)CC2. The zero-order valence-electron chi connectivity index (χ0n) is 13.4.